The standard InChI is InChI=1S/C24H27BrN2O4/c1-4-13-31-19-10-6-8-17(15-19)22(28)20-21(16-7-5-9-18(25)14-16)27(12-11-26(2)3)24(30)23(20)29/h5-10,14-15,21,28H,4,11-13H2,1-3H3. The molecule has 1 aliphatic heterocycles. The van der Waals surface area contributed by atoms with Crippen molar-refractivity contribution in [3.8, 4) is 5.75 Å². The van der Waals surface area contributed by atoms with Crippen LogP contribution in [0.3, 0.4) is 0 Å². The number of halogens is 1. The largest absolute Gasteiger partial charge is 0.507 e. The lowest BCUT2D eigenvalue weighted by Crippen LogP contribution is -2.35. The molecule has 164 valence electrons. The van der Waals surface area contributed by atoms with Gasteiger partial charge in [0, 0.05) is 23.1 Å². The monoisotopic (exact) mass is 486 g/mol. The summed E-state index contributed by atoms with van der Waals surface area (Å²) in [5, 5.41) is 11.2. The van der Waals surface area contributed by atoms with Crippen LogP contribution in [0.5, 0.6) is 5.75 Å². The van der Waals surface area contributed by atoms with Gasteiger partial charge < -0.3 is 19.6 Å². The van der Waals surface area contributed by atoms with Crippen LogP contribution in [0.1, 0.15) is 30.5 Å². The van der Waals surface area contributed by atoms with E-state index in [9.17, 15) is 14.7 Å². The first-order valence-electron chi connectivity index (χ1n) is 10.2. The number of aliphatic hydroxyl groups is 1. The van der Waals surface area contributed by atoms with Crippen molar-refractivity contribution >= 4 is 33.4 Å². The van der Waals surface area contributed by atoms with Crippen molar-refractivity contribution in [1.29, 1.82) is 0 Å². The summed E-state index contributed by atoms with van der Waals surface area (Å²) in [6.45, 7) is 3.53. The number of aliphatic hydroxyl groups excluding tert-OH is 1. The van der Waals surface area contributed by atoms with Crippen molar-refractivity contribution in [3.63, 3.8) is 0 Å². The molecular weight excluding hydrogens is 460 g/mol. The van der Waals surface area contributed by atoms with Gasteiger partial charge in [-0.2, -0.15) is 0 Å². The Kier molecular flexibility index (Phi) is 7.51. The van der Waals surface area contributed by atoms with Gasteiger partial charge >= 0.3 is 0 Å². The van der Waals surface area contributed by atoms with Crippen LogP contribution in [0.25, 0.3) is 5.76 Å². The lowest BCUT2D eigenvalue weighted by Gasteiger charge is -2.26. The molecule has 1 heterocycles. The highest BCUT2D eigenvalue weighted by molar-refractivity contribution is 9.10. The second-order valence-corrected chi connectivity index (χ2v) is 8.64. The Hall–Kier alpha value is -2.64. The number of ketones is 1. The normalized spacial score (nSPS) is 18.1. The quantitative estimate of drug-likeness (QED) is 0.343. The van der Waals surface area contributed by atoms with Crippen molar-refractivity contribution in [1.82, 2.24) is 9.80 Å². The molecule has 0 aliphatic carbocycles. The highest BCUT2D eigenvalue weighted by Gasteiger charge is 2.45. The number of amides is 1. The highest BCUT2D eigenvalue weighted by atomic mass is 79.9. The number of hydrogen-bond acceptors (Lipinski definition) is 5. The Morgan fingerprint density at radius 1 is 1.16 bits per heavy atom. The number of hydrogen-bond donors (Lipinski definition) is 1. The van der Waals surface area contributed by atoms with Crippen molar-refractivity contribution in [2.24, 2.45) is 0 Å². The molecule has 0 spiro atoms. The molecule has 7 heteroatoms. The number of Topliss-reactive ketones (excluding diaryl/α,β-unsaturated/α-hetero) is 1. The first-order chi connectivity index (χ1) is 14.8. The fraction of sp³-hybridized carbons (Fsp3) is 0.333. The van der Waals surface area contributed by atoms with Gasteiger partial charge in [-0.05, 0) is 50.3 Å². The van der Waals surface area contributed by atoms with Gasteiger partial charge in [-0.15, -0.1) is 0 Å². The summed E-state index contributed by atoms with van der Waals surface area (Å²) in [7, 11) is 3.82. The van der Waals surface area contributed by atoms with Gasteiger partial charge in [0.05, 0.1) is 18.2 Å². The third-order valence-electron chi connectivity index (χ3n) is 5.07. The van der Waals surface area contributed by atoms with E-state index in [-0.39, 0.29) is 11.3 Å². The summed E-state index contributed by atoms with van der Waals surface area (Å²) in [4.78, 5) is 29.4. The molecule has 1 N–H and O–H groups in total. The summed E-state index contributed by atoms with van der Waals surface area (Å²) in [5.41, 5.74) is 1.29. The number of carbonyl (C=O) groups excluding carboxylic acids is 2. The Morgan fingerprint density at radius 3 is 2.58 bits per heavy atom. The number of rotatable bonds is 8. The van der Waals surface area contributed by atoms with Crippen molar-refractivity contribution in [3.05, 3.63) is 69.7 Å². The van der Waals surface area contributed by atoms with E-state index in [1.807, 2.05) is 50.2 Å². The van der Waals surface area contributed by atoms with Crippen LogP contribution < -0.4 is 4.74 Å². The van der Waals surface area contributed by atoms with Gasteiger partial charge in [-0.1, -0.05) is 47.1 Å². The Balaban J connectivity index is 2.10. The molecule has 2 aromatic rings. The number of nitrogens with zero attached hydrogens (tertiary/aromatic N) is 2. The summed E-state index contributed by atoms with van der Waals surface area (Å²) >= 11 is 3.47. The number of likely N-dealkylation sites (tertiary alicyclic amines) is 1. The minimum absolute atomic E-state index is 0.0921. The van der Waals surface area contributed by atoms with Gasteiger partial charge in [0.15, 0.2) is 0 Å². The zero-order valence-corrected chi connectivity index (χ0v) is 19.6. The van der Waals surface area contributed by atoms with E-state index in [0.29, 0.717) is 31.0 Å². The fourth-order valence-electron chi connectivity index (χ4n) is 3.55. The van der Waals surface area contributed by atoms with E-state index in [1.54, 1.807) is 24.3 Å². The zero-order chi connectivity index (χ0) is 22.5. The maximum absolute atomic E-state index is 13.0. The van der Waals surface area contributed by atoms with Gasteiger partial charge in [-0.25, -0.2) is 0 Å². The maximum atomic E-state index is 13.0. The number of ether oxygens (including phenoxy) is 1. The number of benzene rings is 2. The van der Waals surface area contributed by atoms with Crippen LogP contribution in [-0.4, -0.2) is 60.4 Å². The summed E-state index contributed by atoms with van der Waals surface area (Å²) in [6.07, 6.45) is 0.857. The van der Waals surface area contributed by atoms with Crippen molar-refractivity contribution < 1.29 is 19.4 Å². The van der Waals surface area contributed by atoms with E-state index in [4.69, 9.17) is 4.74 Å². The van der Waals surface area contributed by atoms with Crippen LogP contribution in [0.2, 0.25) is 0 Å². The molecule has 0 aromatic heterocycles. The van der Waals surface area contributed by atoms with Gasteiger partial charge in [0.2, 0.25) is 0 Å². The van der Waals surface area contributed by atoms with Crippen molar-refractivity contribution in [2.75, 3.05) is 33.8 Å². The molecule has 1 aliphatic rings. The molecule has 31 heavy (non-hydrogen) atoms. The summed E-state index contributed by atoms with van der Waals surface area (Å²) in [6, 6.07) is 13.7. The summed E-state index contributed by atoms with van der Waals surface area (Å²) < 4.78 is 6.49. The molecule has 2 aromatic carbocycles. The minimum Gasteiger partial charge on any atom is -0.507 e. The molecule has 0 bridgehead atoms. The van der Waals surface area contributed by atoms with Crippen LogP contribution in [0.15, 0.2) is 58.6 Å². The molecule has 3 rings (SSSR count). The molecule has 1 unspecified atom stereocenters. The molecule has 1 saturated heterocycles. The predicted molar refractivity (Wildman–Crippen MR) is 124 cm³/mol. The average Bonchev–Trinajstić information content (AvgIpc) is 3.00. The summed E-state index contributed by atoms with van der Waals surface area (Å²) in [5.74, 6) is -0.878. The zero-order valence-electron chi connectivity index (χ0n) is 18.0. The van der Waals surface area contributed by atoms with Crippen LogP contribution in [0, 0.1) is 0 Å². The van der Waals surface area contributed by atoms with E-state index >= 15 is 0 Å². The average molecular weight is 487 g/mol. The number of likely N-dealkylation sites (N-methyl/N-ethyl adjacent to an activating group) is 1. The molecular formula is C24H27BrN2O4. The van der Waals surface area contributed by atoms with E-state index in [0.717, 1.165) is 16.5 Å². The minimum atomic E-state index is -0.680. The Labute approximate surface area is 191 Å². The topological polar surface area (TPSA) is 70.1 Å². The Morgan fingerprint density at radius 2 is 1.90 bits per heavy atom. The fourth-order valence-corrected chi connectivity index (χ4v) is 3.97. The second kappa shape index (κ2) is 10.1. The van der Waals surface area contributed by atoms with Crippen LogP contribution in [-0.2, 0) is 9.59 Å². The van der Waals surface area contributed by atoms with Crippen molar-refractivity contribution in [2.45, 2.75) is 19.4 Å². The van der Waals surface area contributed by atoms with E-state index in [2.05, 4.69) is 15.9 Å². The highest BCUT2D eigenvalue weighted by Crippen LogP contribution is 2.40. The van der Waals surface area contributed by atoms with E-state index in [1.165, 1.54) is 4.90 Å². The van der Waals surface area contributed by atoms with Crippen LogP contribution >= 0.6 is 15.9 Å². The van der Waals surface area contributed by atoms with Gasteiger partial charge in [0.25, 0.3) is 11.7 Å². The molecule has 1 amide bonds. The third kappa shape index (κ3) is 5.17. The first-order valence-corrected chi connectivity index (χ1v) is 11.0. The molecule has 0 radical (unpaired) electrons. The molecule has 6 nitrogen and oxygen atoms in total. The van der Waals surface area contributed by atoms with Gasteiger partial charge in [0.1, 0.15) is 11.5 Å². The molecule has 1 fully saturated rings. The lowest BCUT2D eigenvalue weighted by molar-refractivity contribution is -0.140. The molecule has 0 saturated carbocycles. The molecule has 1 atom stereocenters. The van der Waals surface area contributed by atoms with Gasteiger partial charge in [-0.3, -0.25) is 9.59 Å². The second-order valence-electron chi connectivity index (χ2n) is 7.73. The van der Waals surface area contributed by atoms with Crippen LogP contribution in [0.4, 0.5) is 0 Å². The first kappa shape index (κ1) is 23.0. The SMILES string of the molecule is CCCOc1cccc(C(O)=C2C(=O)C(=O)N(CCN(C)C)C2c2cccc(Br)c2)c1. The third-order valence-corrected chi connectivity index (χ3v) is 5.57. The maximum Gasteiger partial charge on any atom is 0.295 e. The Bertz CT molecular complexity index is 1000. The smallest absolute Gasteiger partial charge is 0.295 e. The lowest BCUT2D eigenvalue weighted by atomic mass is 9.95. The number of carbonyl (C=O) groups is 2. The van der Waals surface area contributed by atoms with E-state index < -0.39 is 17.7 Å². The predicted octanol–water partition coefficient (Wildman–Crippen LogP) is 4.22.